The lowest BCUT2D eigenvalue weighted by Crippen LogP contribution is -2.34. The molecular weight excluding hydrogens is 262 g/mol. The molecule has 0 aliphatic carbocycles. The van der Waals surface area contributed by atoms with Crippen LogP contribution in [0.3, 0.4) is 0 Å². The number of aromatic nitrogens is 2. The first-order valence-corrected chi connectivity index (χ1v) is 5.54. The van der Waals surface area contributed by atoms with Crippen LogP contribution in [0.2, 0.25) is 5.02 Å². The first-order valence-electron chi connectivity index (χ1n) is 5.17. The van der Waals surface area contributed by atoms with Crippen molar-refractivity contribution in [3.8, 4) is 0 Å². The molecule has 7 nitrogen and oxygen atoms in total. The van der Waals surface area contributed by atoms with Crippen LogP contribution >= 0.6 is 11.6 Å². The Morgan fingerprint density at radius 3 is 2.50 bits per heavy atom. The van der Waals surface area contributed by atoms with Gasteiger partial charge in [0.15, 0.2) is 0 Å². The van der Waals surface area contributed by atoms with E-state index < -0.39 is 22.9 Å². The number of hydrogen-bond donors (Lipinski definition) is 3. The van der Waals surface area contributed by atoms with Crippen LogP contribution in [-0.4, -0.2) is 21.7 Å². The Bertz CT molecular complexity index is 555. The van der Waals surface area contributed by atoms with E-state index in [4.69, 9.17) is 16.3 Å². The Morgan fingerprint density at radius 2 is 1.94 bits per heavy atom. The molecule has 3 N–H and O–H groups in total. The molecule has 0 radical (unpaired) electrons. The van der Waals surface area contributed by atoms with Crippen LogP contribution < -0.4 is 16.6 Å². The van der Waals surface area contributed by atoms with Gasteiger partial charge in [-0.05, 0) is 20.8 Å². The summed E-state index contributed by atoms with van der Waals surface area (Å²) in [5, 5.41) is 2.21. The number of nitrogens with one attached hydrogen (secondary N) is 3. The molecule has 0 bridgehead atoms. The van der Waals surface area contributed by atoms with Crippen molar-refractivity contribution in [1.29, 1.82) is 0 Å². The first-order chi connectivity index (χ1) is 8.19. The van der Waals surface area contributed by atoms with Crippen LogP contribution in [0.5, 0.6) is 0 Å². The summed E-state index contributed by atoms with van der Waals surface area (Å²) in [5.74, 6) is 0. The van der Waals surface area contributed by atoms with E-state index in [9.17, 15) is 14.4 Å². The number of aromatic amines is 2. The fourth-order valence-electron chi connectivity index (χ4n) is 1.11. The maximum Gasteiger partial charge on any atom is 0.407 e. The Balaban J connectivity index is 2.73. The van der Waals surface area contributed by atoms with Crippen LogP contribution in [0.1, 0.15) is 26.5 Å². The second-order valence-corrected chi connectivity index (χ2v) is 4.93. The number of hydrogen-bond acceptors (Lipinski definition) is 4. The number of ether oxygens (including phenoxy) is 1. The van der Waals surface area contributed by atoms with E-state index in [1.165, 1.54) is 0 Å². The normalized spacial score (nSPS) is 11.1. The molecule has 1 rings (SSSR count). The van der Waals surface area contributed by atoms with Gasteiger partial charge in [-0.2, -0.15) is 0 Å². The van der Waals surface area contributed by atoms with E-state index >= 15 is 0 Å². The quantitative estimate of drug-likeness (QED) is 0.740. The van der Waals surface area contributed by atoms with Crippen molar-refractivity contribution < 1.29 is 9.53 Å². The van der Waals surface area contributed by atoms with Crippen molar-refractivity contribution in [2.24, 2.45) is 0 Å². The van der Waals surface area contributed by atoms with Crippen LogP contribution in [0.4, 0.5) is 4.79 Å². The molecular formula is C10H14ClN3O4. The first kappa shape index (κ1) is 14.3. The molecule has 1 heterocycles. The van der Waals surface area contributed by atoms with Gasteiger partial charge >= 0.3 is 11.8 Å². The second-order valence-electron chi connectivity index (χ2n) is 4.56. The zero-order chi connectivity index (χ0) is 13.9. The third kappa shape index (κ3) is 4.25. The second kappa shape index (κ2) is 5.26. The predicted molar refractivity (Wildman–Crippen MR) is 65.8 cm³/mol. The molecule has 0 fully saturated rings. The average Bonchev–Trinajstić information content (AvgIpc) is 2.18. The van der Waals surface area contributed by atoms with Gasteiger partial charge in [-0.3, -0.25) is 9.78 Å². The van der Waals surface area contributed by atoms with Crippen molar-refractivity contribution in [3.05, 3.63) is 31.6 Å². The van der Waals surface area contributed by atoms with E-state index in [2.05, 4.69) is 10.3 Å². The number of H-pyrrole nitrogens is 2. The minimum atomic E-state index is -0.707. The summed E-state index contributed by atoms with van der Waals surface area (Å²) in [4.78, 5) is 37.8. The maximum atomic E-state index is 11.4. The summed E-state index contributed by atoms with van der Waals surface area (Å²) < 4.78 is 4.99. The molecule has 18 heavy (non-hydrogen) atoms. The zero-order valence-corrected chi connectivity index (χ0v) is 11.0. The Hall–Kier alpha value is -1.76. The molecule has 0 atom stereocenters. The Morgan fingerprint density at radius 1 is 1.33 bits per heavy atom. The number of rotatable bonds is 2. The van der Waals surface area contributed by atoms with Gasteiger partial charge in [0.1, 0.15) is 10.6 Å². The lowest BCUT2D eigenvalue weighted by molar-refractivity contribution is 0.0523. The van der Waals surface area contributed by atoms with E-state index in [-0.39, 0.29) is 17.3 Å². The van der Waals surface area contributed by atoms with Crippen molar-refractivity contribution in [2.45, 2.75) is 32.9 Å². The topological polar surface area (TPSA) is 104 Å². The van der Waals surface area contributed by atoms with Gasteiger partial charge in [-0.25, -0.2) is 9.59 Å². The average molecular weight is 276 g/mol. The summed E-state index contributed by atoms with van der Waals surface area (Å²) in [6, 6.07) is 0. The zero-order valence-electron chi connectivity index (χ0n) is 10.2. The lowest BCUT2D eigenvalue weighted by atomic mass is 10.2. The lowest BCUT2D eigenvalue weighted by Gasteiger charge is -2.19. The largest absolute Gasteiger partial charge is 0.444 e. The molecule has 8 heteroatoms. The van der Waals surface area contributed by atoms with E-state index in [0.717, 1.165) is 0 Å². The third-order valence-corrected chi connectivity index (χ3v) is 2.16. The van der Waals surface area contributed by atoms with Gasteiger partial charge in [0.25, 0.3) is 5.56 Å². The van der Waals surface area contributed by atoms with Gasteiger partial charge in [-0.15, -0.1) is 0 Å². The molecule has 0 aliphatic heterocycles. The number of alkyl carbamates (subject to hydrolysis) is 1. The monoisotopic (exact) mass is 275 g/mol. The van der Waals surface area contributed by atoms with Crippen molar-refractivity contribution >= 4 is 17.7 Å². The van der Waals surface area contributed by atoms with Crippen molar-refractivity contribution in [1.82, 2.24) is 15.3 Å². The Kier molecular flexibility index (Phi) is 4.18. The summed E-state index contributed by atoms with van der Waals surface area (Å²) in [6.07, 6.45) is -0.667. The van der Waals surface area contributed by atoms with Crippen LogP contribution in [0.25, 0.3) is 0 Å². The fraction of sp³-hybridized carbons (Fsp3) is 0.500. The van der Waals surface area contributed by atoms with Crippen LogP contribution in [-0.2, 0) is 11.3 Å². The molecule has 0 aromatic carbocycles. The smallest absolute Gasteiger partial charge is 0.407 e. The van der Waals surface area contributed by atoms with Crippen molar-refractivity contribution in [3.63, 3.8) is 0 Å². The molecule has 1 amide bonds. The highest BCUT2D eigenvalue weighted by atomic mass is 35.5. The SMILES string of the molecule is CC(C)(C)OC(=O)NCc1[nH]c(=O)[nH]c(=O)c1Cl. The standard InChI is InChI=1S/C10H14ClN3O4/c1-10(2,3)18-9(17)12-4-5-6(11)7(15)14-8(16)13-5/h4H2,1-3H3,(H,12,17)(H2,13,14,15,16). The molecule has 0 saturated heterocycles. The van der Waals surface area contributed by atoms with Crippen LogP contribution in [0.15, 0.2) is 9.59 Å². The summed E-state index contributed by atoms with van der Waals surface area (Å²) in [7, 11) is 0. The van der Waals surface area contributed by atoms with Gasteiger partial charge < -0.3 is 15.0 Å². The van der Waals surface area contributed by atoms with Gasteiger partial charge in [0.2, 0.25) is 0 Å². The van der Waals surface area contributed by atoms with E-state index in [1.807, 2.05) is 4.98 Å². The molecule has 0 spiro atoms. The third-order valence-electron chi connectivity index (χ3n) is 1.76. The van der Waals surface area contributed by atoms with Gasteiger partial charge in [0.05, 0.1) is 12.2 Å². The Labute approximate surface area is 108 Å². The molecule has 0 saturated carbocycles. The fourth-order valence-corrected chi connectivity index (χ4v) is 1.28. The molecule has 0 unspecified atom stereocenters. The van der Waals surface area contributed by atoms with Gasteiger partial charge in [0, 0.05) is 0 Å². The molecule has 0 aliphatic rings. The summed E-state index contributed by atoms with van der Waals surface area (Å²) >= 11 is 5.68. The summed E-state index contributed by atoms with van der Waals surface area (Å²) in [5.41, 5.74) is -1.90. The van der Waals surface area contributed by atoms with E-state index in [0.29, 0.717) is 0 Å². The highest BCUT2D eigenvalue weighted by Crippen LogP contribution is 2.08. The molecule has 100 valence electrons. The highest BCUT2D eigenvalue weighted by molar-refractivity contribution is 6.30. The highest BCUT2D eigenvalue weighted by Gasteiger charge is 2.16. The number of amides is 1. The molecule has 1 aromatic rings. The minimum absolute atomic E-state index is 0.104. The summed E-state index contributed by atoms with van der Waals surface area (Å²) in [6.45, 7) is 5.05. The maximum absolute atomic E-state index is 11.4. The predicted octanol–water partition coefficient (Wildman–Crippen LogP) is 0.741. The number of carbonyl (C=O) groups is 1. The van der Waals surface area contributed by atoms with E-state index in [1.54, 1.807) is 20.8 Å². The molecule has 1 aromatic heterocycles. The van der Waals surface area contributed by atoms with Gasteiger partial charge in [-0.1, -0.05) is 11.6 Å². The number of halogens is 1. The van der Waals surface area contributed by atoms with Crippen molar-refractivity contribution in [2.75, 3.05) is 0 Å². The minimum Gasteiger partial charge on any atom is -0.444 e. The van der Waals surface area contributed by atoms with Crippen LogP contribution in [0, 0.1) is 0 Å². The number of carbonyl (C=O) groups excluding carboxylic acids is 1.